The fourth-order valence-electron chi connectivity index (χ4n) is 3.13. The molecule has 3 rings (SSSR count). The van der Waals surface area contributed by atoms with Crippen LogP contribution in [0.25, 0.3) is 0 Å². The molecule has 0 radical (unpaired) electrons. The minimum atomic E-state index is 0.837. The van der Waals surface area contributed by atoms with Gasteiger partial charge in [0.15, 0.2) is 0 Å². The van der Waals surface area contributed by atoms with E-state index in [9.17, 15) is 0 Å². The molecule has 90 valence electrons. The van der Waals surface area contributed by atoms with Gasteiger partial charge in [0.2, 0.25) is 0 Å². The summed E-state index contributed by atoms with van der Waals surface area (Å²) in [5.41, 5.74) is 2.54. The van der Waals surface area contributed by atoms with Gasteiger partial charge in [-0.3, -0.25) is 0 Å². The first-order valence-corrected chi connectivity index (χ1v) is 7.20. The van der Waals surface area contributed by atoms with Crippen molar-refractivity contribution in [2.75, 3.05) is 11.9 Å². The minimum absolute atomic E-state index is 0.837. The van der Waals surface area contributed by atoms with Crippen LogP contribution in [0.15, 0.2) is 34.8 Å². The van der Waals surface area contributed by atoms with Crippen molar-refractivity contribution in [3.8, 4) is 0 Å². The number of rotatable bonds is 3. The third-order valence-corrected chi connectivity index (χ3v) is 5.03. The molecule has 3 atom stereocenters. The molecule has 0 amide bonds. The Hall–Kier alpha value is -0.760. The summed E-state index contributed by atoms with van der Waals surface area (Å²) in [6, 6.07) is 6.49. The molecule has 1 aromatic carbocycles. The number of benzene rings is 1. The predicted molar refractivity (Wildman–Crippen MR) is 76.2 cm³/mol. The van der Waals surface area contributed by atoms with Crippen LogP contribution in [0.2, 0.25) is 0 Å². The number of hydrogen-bond donors (Lipinski definition) is 1. The molecule has 1 nitrogen and oxygen atoms in total. The van der Waals surface area contributed by atoms with Crippen molar-refractivity contribution in [1.29, 1.82) is 0 Å². The second-order valence-corrected chi connectivity index (χ2v) is 6.24. The van der Waals surface area contributed by atoms with E-state index in [1.807, 2.05) is 0 Å². The molecule has 2 aliphatic rings. The highest BCUT2D eigenvalue weighted by atomic mass is 79.9. The maximum Gasteiger partial charge on any atom is 0.0343 e. The molecule has 0 aromatic heterocycles. The van der Waals surface area contributed by atoms with Gasteiger partial charge in [-0.2, -0.15) is 0 Å². The number of hydrogen-bond acceptors (Lipinski definition) is 1. The molecular formula is C15H18BrN. The predicted octanol–water partition coefficient (Wildman–Crippen LogP) is 4.38. The summed E-state index contributed by atoms with van der Waals surface area (Å²) >= 11 is 3.54. The molecule has 1 N–H and O–H groups in total. The normalized spacial score (nSPS) is 29.9. The Morgan fingerprint density at radius 3 is 2.82 bits per heavy atom. The second kappa shape index (κ2) is 4.49. The highest BCUT2D eigenvalue weighted by molar-refractivity contribution is 9.10. The standard InChI is InChI=1S/C15H18BrN/c1-10-6-14(4-5-15(10)16)17-9-13-8-11-2-3-12(13)7-11/h2-6,11-13,17H,7-9H2,1H3. The van der Waals surface area contributed by atoms with Crippen LogP contribution >= 0.6 is 15.9 Å². The van der Waals surface area contributed by atoms with Gasteiger partial charge in [0, 0.05) is 16.7 Å². The molecule has 0 spiro atoms. The lowest BCUT2D eigenvalue weighted by Crippen LogP contribution is -2.18. The molecule has 0 aliphatic heterocycles. The number of halogens is 1. The second-order valence-electron chi connectivity index (χ2n) is 5.39. The molecule has 3 unspecified atom stereocenters. The van der Waals surface area contributed by atoms with Gasteiger partial charge in [-0.25, -0.2) is 0 Å². The van der Waals surface area contributed by atoms with Gasteiger partial charge in [-0.15, -0.1) is 0 Å². The van der Waals surface area contributed by atoms with Crippen LogP contribution in [-0.2, 0) is 0 Å². The monoisotopic (exact) mass is 291 g/mol. The average Bonchev–Trinajstić information content (AvgIpc) is 2.92. The van der Waals surface area contributed by atoms with Gasteiger partial charge in [0.25, 0.3) is 0 Å². The fraction of sp³-hybridized carbons (Fsp3) is 0.467. The smallest absolute Gasteiger partial charge is 0.0343 e. The van der Waals surface area contributed by atoms with E-state index in [1.165, 1.54) is 28.6 Å². The van der Waals surface area contributed by atoms with E-state index < -0.39 is 0 Å². The number of allylic oxidation sites excluding steroid dienone is 2. The summed E-state index contributed by atoms with van der Waals surface area (Å²) in [5, 5.41) is 3.58. The zero-order chi connectivity index (χ0) is 11.8. The lowest BCUT2D eigenvalue weighted by molar-refractivity contribution is 0.472. The first-order chi connectivity index (χ1) is 8.22. The summed E-state index contributed by atoms with van der Waals surface area (Å²) in [4.78, 5) is 0. The van der Waals surface area contributed by atoms with Crippen molar-refractivity contribution in [2.45, 2.75) is 19.8 Å². The topological polar surface area (TPSA) is 12.0 Å². The van der Waals surface area contributed by atoms with Crippen molar-refractivity contribution in [1.82, 2.24) is 0 Å². The Morgan fingerprint density at radius 1 is 1.29 bits per heavy atom. The van der Waals surface area contributed by atoms with Crippen molar-refractivity contribution >= 4 is 21.6 Å². The van der Waals surface area contributed by atoms with Gasteiger partial charge >= 0.3 is 0 Å². The van der Waals surface area contributed by atoms with Crippen molar-refractivity contribution < 1.29 is 0 Å². The summed E-state index contributed by atoms with van der Waals surface area (Å²) in [5.74, 6) is 2.55. The van der Waals surface area contributed by atoms with Crippen LogP contribution in [0.4, 0.5) is 5.69 Å². The lowest BCUT2D eigenvalue weighted by atomic mass is 9.93. The third-order valence-electron chi connectivity index (χ3n) is 4.14. The maximum atomic E-state index is 3.58. The van der Waals surface area contributed by atoms with E-state index in [2.05, 4.69) is 58.5 Å². The Labute approximate surface area is 111 Å². The van der Waals surface area contributed by atoms with E-state index in [-0.39, 0.29) is 0 Å². The SMILES string of the molecule is Cc1cc(NCC2CC3C=CC2C3)ccc1Br. The van der Waals surface area contributed by atoms with Crippen molar-refractivity contribution in [2.24, 2.45) is 17.8 Å². The van der Waals surface area contributed by atoms with Crippen molar-refractivity contribution in [3.05, 3.63) is 40.4 Å². The van der Waals surface area contributed by atoms with E-state index in [0.717, 1.165) is 24.3 Å². The highest BCUT2D eigenvalue weighted by Crippen LogP contribution is 2.43. The van der Waals surface area contributed by atoms with Crippen LogP contribution in [0.1, 0.15) is 18.4 Å². The van der Waals surface area contributed by atoms with Gasteiger partial charge in [0.05, 0.1) is 0 Å². The maximum absolute atomic E-state index is 3.58. The molecule has 1 aromatic rings. The van der Waals surface area contributed by atoms with Crippen LogP contribution in [-0.4, -0.2) is 6.54 Å². The number of fused-ring (bicyclic) bond motifs is 2. The molecule has 1 fully saturated rings. The average molecular weight is 292 g/mol. The largest absolute Gasteiger partial charge is 0.385 e. The molecule has 2 aliphatic carbocycles. The molecule has 1 saturated carbocycles. The first kappa shape index (κ1) is 11.3. The van der Waals surface area contributed by atoms with E-state index >= 15 is 0 Å². The Bertz CT molecular complexity index is 452. The van der Waals surface area contributed by atoms with E-state index in [4.69, 9.17) is 0 Å². The lowest BCUT2D eigenvalue weighted by Gasteiger charge is -2.19. The van der Waals surface area contributed by atoms with Gasteiger partial charge < -0.3 is 5.32 Å². The Kier molecular flexibility index (Phi) is 2.99. The van der Waals surface area contributed by atoms with Crippen molar-refractivity contribution in [3.63, 3.8) is 0 Å². The number of anilines is 1. The number of nitrogens with one attached hydrogen (secondary N) is 1. The zero-order valence-corrected chi connectivity index (χ0v) is 11.7. The highest BCUT2D eigenvalue weighted by Gasteiger charge is 2.35. The first-order valence-electron chi connectivity index (χ1n) is 6.41. The summed E-state index contributed by atoms with van der Waals surface area (Å²) in [7, 11) is 0. The Morgan fingerprint density at radius 2 is 2.18 bits per heavy atom. The van der Waals surface area contributed by atoms with Crippen LogP contribution < -0.4 is 5.32 Å². The van der Waals surface area contributed by atoms with Crippen LogP contribution in [0.5, 0.6) is 0 Å². The zero-order valence-electron chi connectivity index (χ0n) is 10.1. The summed E-state index contributed by atoms with van der Waals surface area (Å²) in [6.45, 7) is 3.25. The molecule has 17 heavy (non-hydrogen) atoms. The van der Waals surface area contributed by atoms with E-state index in [0.29, 0.717) is 0 Å². The molecule has 2 bridgehead atoms. The van der Waals surface area contributed by atoms with Gasteiger partial charge in [0.1, 0.15) is 0 Å². The van der Waals surface area contributed by atoms with Gasteiger partial charge in [-0.05, 0) is 61.3 Å². The Balaban J connectivity index is 1.61. The molecular weight excluding hydrogens is 274 g/mol. The molecule has 0 saturated heterocycles. The summed E-state index contributed by atoms with van der Waals surface area (Å²) in [6.07, 6.45) is 7.60. The third kappa shape index (κ3) is 2.28. The van der Waals surface area contributed by atoms with Gasteiger partial charge in [-0.1, -0.05) is 28.1 Å². The van der Waals surface area contributed by atoms with E-state index in [1.54, 1.807) is 0 Å². The molecule has 0 heterocycles. The van der Waals surface area contributed by atoms with Crippen LogP contribution in [0, 0.1) is 24.7 Å². The minimum Gasteiger partial charge on any atom is -0.385 e. The molecule has 2 heteroatoms. The van der Waals surface area contributed by atoms with Crippen LogP contribution in [0.3, 0.4) is 0 Å². The summed E-state index contributed by atoms with van der Waals surface area (Å²) < 4.78 is 1.19. The quantitative estimate of drug-likeness (QED) is 0.815. The number of aryl methyl sites for hydroxylation is 1. The fourth-order valence-corrected chi connectivity index (χ4v) is 3.38.